The van der Waals surface area contributed by atoms with Crippen molar-refractivity contribution in [2.75, 3.05) is 40.9 Å². The molecule has 3 unspecified atom stereocenters. The van der Waals surface area contributed by atoms with Gasteiger partial charge in [-0.1, -0.05) is 252 Å². The van der Waals surface area contributed by atoms with Gasteiger partial charge in [0.2, 0.25) is 5.91 Å². The third-order valence-corrected chi connectivity index (χ3v) is 14.0. The summed E-state index contributed by atoms with van der Waals surface area (Å²) in [4.78, 5) is 23.3. The fraction of sp³-hybridized carbons (Fsp3) is 0.734. The van der Waals surface area contributed by atoms with Crippen LogP contribution in [0.5, 0.6) is 0 Å². The lowest BCUT2D eigenvalue weighted by Gasteiger charge is -2.25. The largest absolute Gasteiger partial charge is 0.472 e. The molecule has 9 heteroatoms. The maximum atomic E-state index is 13.0. The molecule has 0 saturated heterocycles. The van der Waals surface area contributed by atoms with Gasteiger partial charge in [-0.3, -0.25) is 13.8 Å². The highest BCUT2D eigenvalue weighted by atomic mass is 31.2. The van der Waals surface area contributed by atoms with Crippen molar-refractivity contribution in [1.82, 2.24) is 5.32 Å². The van der Waals surface area contributed by atoms with Crippen LogP contribution in [0, 0.1) is 0 Å². The zero-order valence-electron chi connectivity index (χ0n) is 48.1. The van der Waals surface area contributed by atoms with Crippen LogP contribution in [-0.2, 0) is 18.4 Å². The molecule has 0 aromatic carbocycles. The van der Waals surface area contributed by atoms with E-state index in [0.29, 0.717) is 17.4 Å². The van der Waals surface area contributed by atoms with Gasteiger partial charge in [0.25, 0.3) is 0 Å². The maximum Gasteiger partial charge on any atom is 0.472 e. The highest BCUT2D eigenvalue weighted by Crippen LogP contribution is 2.43. The number of allylic oxidation sites excluding steroid dienone is 15. The second kappa shape index (κ2) is 54.2. The number of phosphoric acid groups is 1. The molecule has 0 aromatic heterocycles. The minimum Gasteiger partial charge on any atom is -0.387 e. The van der Waals surface area contributed by atoms with Gasteiger partial charge in [-0.15, -0.1) is 0 Å². The van der Waals surface area contributed by atoms with Gasteiger partial charge in [-0.05, 0) is 89.9 Å². The molecule has 0 heterocycles. The number of unbranched alkanes of at least 4 members (excludes halogenated alkanes) is 27. The van der Waals surface area contributed by atoms with Crippen LogP contribution in [0.1, 0.15) is 251 Å². The van der Waals surface area contributed by atoms with Crippen molar-refractivity contribution in [2.45, 2.75) is 264 Å². The van der Waals surface area contributed by atoms with Gasteiger partial charge in [-0.2, -0.15) is 0 Å². The fourth-order valence-corrected chi connectivity index (χ4v) is 9.07. The second-order valence-electron chi connectivity index (χ2n) is 21.3. The number of carbonyl (C=O) groups is 1. The first-order valence-corrected chi connectivity index (χ1v) is 31.6. The molecule has 1 amide bonds. The summed E-state index contributed by atoms with van der Waals surface area (Å²) in [5, 5.41) is 13.9. The first-order chi connectivity index (χ1) is 35.5. The summed E-state index contributed by atoms with van der Waals surface area (Å²) in [6, 6.07) is -0.879. The number of likely N-dealkylation sites (N-methyl/N-ethyl adjacent to an activating group) is 1. The molecule has 0 aliphatic heterocycles. The van der Waals surface area contributed by atoms with E-state index in [4.69, 9.17) is 9.05 Å². The molecule has 0 saturated carbocycles. The predicted octanol–water partition coefficient (Wildman–Crippen LogP) is 18.6. The molecule has 0 bridgehead atoms. The number of carbonyl (C=O) groups excluding carboxylic acids is 1. The average Bonchev–Trinajstić information content (AvgIpc) is 3.35. The summed E-state index contributed by atoms with van der Waals surface area (Å²) in [6.07, 6.45) is 78.0. The maximum absolute atomic E-state index is 13.0. The Labute approximate surface area is 451 Å². The Morgan fingerprint density at radius 3 is 1.26 bits per heavy atom. The number of rotatable bonds is 54. The molecule has 73 heavy (non-hydrogen) atoms. The van der Waals surface area contributed by atoms with Crippen molar-refractivity contribution in [1.29, 1.82) is 0 Å². The number of hydrogen-bond donors (Lipinski definition) is 3. The third-order valence-electron chi connectivity index (χ3n) is 13.0. The molecule has 0 fully saturated rings. The van der Waals surface area contributed by atoms with E-state index >= 15 is 0 Å². The third kappa shape index (κ3) is 57.0. The minimum absolute atomic E-state index is 0.0487. The molecular weight excluding hydrogens is 924 g/mol. The number of phosphoric ester groups is 1. The van der Waals surface area contributed by atoms with Gasteiger partial charge < -0.3 is 19.8 Å². The molecule has 3 atom stereocenters. The number of nitrogens with zero attached hydrogens (tertiary/aromatic N) is 1. The molecule has 0 aromatic rings. The molecule has 422 valence electrons. The Bertz CT molecular complexity index is 1510. The van der Waals surface area contributed by atoms with E-state index in [1.165, 1.54) is 154 Å². The zero-order valence-corrected chi connectivity index (χ0v) is 49.0. The molecule has 8 nitrogen and oxygen atoms in total. The second-order valence-corrected chi connectivity index (χ2v) is 22.8. The van der Waals surface area contributed by atoms with Gasteiger partial charge in [0.05, 0.1) is 39.9 Å². The highest BCUT2D eigenvalue weighted by molar-refractivity contribution is 7.47. The lowest BCUT2D eigenvalue weighted by molar-refractivity contribution is -0.870. The Kier molecular flexibility index (Phi) is 52.3. The molecule has 0 radical (unpaired) electrons. The normalized spacial score (nSPS) is 14.6. The summed E-state index contributed by atoms with van der Waals surface area (Å²) in [6.45, 7) is 4.68. The van der Waals surface area contributed by atoms with Crippen LogP contribution in [0.4, 0.5) is 0 Å². The van der Waals surface area contributed by atoms with Crippen LogP contribution in [0.15, 0.2) is 97.2 Å². The van der Waals surface area contributed by atoms with Gasteiger partial charge in [0.1, 0.15) is 13.2 Å². The van der Waals surface area contributed by atoms with Gasteiger partial charge in [0, 0.05) is 6.42 Å². The Balaban J connectivity index is 4.28. The van der Waals surface area contributed by atoms with Crippen LogP contribution in [-0.4, -0.2) is 73.4 Å². The number of aliphatic hydroxyl groups is 1. The van der Waals surface area contributed by atoms with Crippen molar-refractivity contribution in [2.24, 2.45) is 0 Å². The molecular formula is C64H116N2O6P+. The van der Waals surface area contributed by atoms with Crippen LogP contribution in [0.25, 0.3) is 0 Å². The summed E-state index contributed by atoms with van der Waals surface area (Å²) in [7, 11) is 1.54. The molecule has 0 rings (SSSR count). The zero-order chi connectivity index (χ0) is 53.5. The summed E-state index contributed by atoms with van der Waals surface area (Å²) < 4.78 is 23.7. The number of hydrogen-bond acceptors (Lipinski definition) is 5. The van der Waals surface area contributed by atoms with Crippen molar-refractivity contribution < 1.29 is 32.9 Å². The molecule has 0 spiro atoms. The quantitative estimate of drug-likeness (QED) is 0.0243. The van der Waals surface area contributed by atoms with Crippen LogP contribution >= 0.6 is 7.82 Å². The Morgan fingerprint density at radius 2 is 0.836 bits per heavy atom. The van der Waals surface area contributed by atoms with E-state index in [2.05, 4.69) is 104 Å². The van der Waals surface area contributed by atoms with Crippen LogP contribution in [0.3, 0.4) is 0 Å². The fourth-order valence-electron chi connectivity index (χ4n) is 8.34. The van der Waals surface area contributed by atoms with Gasteiger partial charge >= 0.3 is 7.82 Å². The van der Waals surface area contributed by atoms with Crippen molar-refractivity contribution in [3.63, 3.8) is 0 Å². The number of quaternary nitrogens is 1. The van der Waals surface area contributed by atoms with E-state index in [0.717, 1.165) is 77.0 Å². The number of amides is 1. The standard InChI is InChI=1S/C64H115N2O6P/c1-6-8-10-12-14-16-18-20-22-24-26-28-30-32-33-34-36-38-40-42-44-46-48-50-52-54-56-58-64(68)65-62(61-72-73(69,70)71-60-59-66(3,4)5)63(67)57-55-53-51-49-47-45-43-41-39-37-35-31-29-27-25-23-21-19-17-15-13-11-9-7-2/h8,10,14,16,20,22,26,28,32-33,39,41,47,49,55,57,62-63,67H,6-7,9,11-13,15,17-19,21,23-25,27,29-31,34-38,40,42-46,48,50-54,56,58-61H2,1-5H3,(H-,65,68,69,70)/p+1/b10-8-,16-14-,22-20-,28-26-,33-32-,41-39+,49-47+,57-55+. The smallest absolute Gasteiger partial charge is 0.387 e. The molecule has 3 N–H and O–H groups in total. The SMILES string of the molecule is CC/C=C\C/C=C\C/C=C\C/C=C\C/C=C\CCCCCCCCCCCCCC(=O)NC(COP(=O)(O)OCC[N+](C)(C)C)C(O)/C=C/CC/C=C/CC/C=C/CCCCCCCCCCCCCCCC. The topological polar surface area (TPSA) is 105 Å². The lowest BCUT2D eigenvalue weighted by atomic mass is 10.0. The number of aliphatic hydroxyl groups excluding tert-OH is 1. The van der Waals surface area contributed by atoms with Crippen molar-refractivity contribution >= 4 is 13.7 Å². The first kappa shape index (κ1) is 70.4. The van der Waals surface area contributed by atoms with Crippen molar-refractivity contribution in [3.05, 3.63) is 97.2 Å². The summed E-state index contributed by atoms with van der Waals surface area (Å²) >= 11 is 0. The van der Waals surface area contributed by atoms with Gasteiger partial charge in [0.15, 0.2) is 0 Å². The van der Waals surface area contributed by atoms with Crippen LogP contribution in [0.2, 0.25) is 0 Å². The first-order valence-electron chi connectivity index (χ1n) is 30.1. The summed E-state index contributed by atoms with van der Waals surface area (Å²) in [5.74, 6) is -0.197. The van der Waals surface area contributed by atoms with Crippen LogP contribution < -0.4 is 5.32 Å². The van der Waals surface area contributed by atoms with E-state index in [1.54, 1.807) is 6.08 Å². The van der Waals surface area contributed by atoms with Crippen molar-refractivity contribution in [3.8, 4) is 0 Å². The predicted molar refractivity (Wildman–Crippen MR) is 318 cm³/mol. The Hall–Kier alpha value is -2.58. The Morgan fingerprint density at radius 1 is 0.479 bits per heavy atom. The van der Waals surface area contributed by atoms with E-state index in [-0.39, 0.29) is 19.1 Å². The molecule has 0 aliphatic rings. The number of nitrogens with one attached hydrogen (secondary N) is 1. The summed E-state index contributed by atoms with van der Waals surface area (Å²) in [5.41, 5.74) is 0. The van der Waals surface area contributed by atoms with E-state index in [9.17, 15) is 19.4 Å². The monoisotopic (exact) mass is 1040 g/mol. The lowest BCUT2D eigenvalue weighted by Crippen LogP contribution is -2.45. The minimum atomic E-state index is -4.37. The highest BCUT2D eigenvalue weighted by Gasteiger charge is 2.27. The van der Waals surface area contributed by atoms with Gasteiger partial charge in [-0.25, -0.2) is 4.57 Å². The average molecular weight is 1040 g/mol. The van der Waals surface area contributed by atoms with E-state index in [1.807, 2.05) is 27.2 Å². The molecule has 0 aliphatic carbocycles. The van der Waals surface area contributed by atoms with E-state index < -0.39 is 20.0 Å².